The third-order valence-corrected chi connectivity index (χ3v) is 3.43. The summed E-state index contributed by atoms with van der Waals surface area (Å²) >= 11 is 0. The van der Waals surface area contributed by atoms with Gasteiger partial charge < -0.3 is 26.2 Å². The Morgan fingerprint density at radius 3 is 1.90 bits per heavy atom. The number of hydrogen-bond acceptors (Lipinski definition) is 6. The minimum absolute atomic E-state index is 0.0412. The lowest BCUT2D eigenvalue weighted by Gasteiger charge is -2.33. The molecule has 7 heteroatoms. The topological polar surface area (TPSA) is 127 Å². The van der Waals surface area contributed by atoms with Gasteiger partial charge in [-0.2, -0.15) is 0 Å². The number of likely N-dealkylation sites (N-methyl/N-ethyl adjacent to an activating group) is 1. The predicted molar refractivity (Wildman–Crippen MR) is 74.8 cm³/mol. The van der Waals surface area contributed by atoms with Gasteiger partial charge in [0.15, 0.2) is 0 Å². The molecule has 0 aliphatic heterocycles. The summed E-state index contributed by atoms with van der Waals surface area (Å²) in [6, 6.07) is -0.579. The number of carbonyl (C=O) groups excluding carboxylic acids is 1. The monoisotopic (exact) mass is 292 g/mol. The molecule has 120 valence electrons. The molecule has 0 bridgehead atoms. The number of aliphatic hydroxyl groups excluding tert-OH is 4. The van der Waals surface area contributed by atoms with Gasteiger partial charge in [0.05, 0.1) is 18.2 Å². The number of amides is 1. The molecule has 20 heavy (non-hydrogen) atoms. The molecular weight excluding hydrogens is 264 g/mol. The first-order valence-corrected chi connectivity index (χ1v) is 6.85. The van der Waals surface area contributed by atoms with Crippen LogP contribution in [0.3, 0.4) is 0 Å². The van der Waals surface area contributed by atoms with Gasteiger partial charge in [0.1, 0.15) is 12.2 Å². The lowest BCUT2D eigenvalue weighted by Crippen LogP contribution is -2.53. The molecule has 0 rings (SSSR count). The van der Waals surface area contributed by atoms with Crippen LogP contribution in [0.25, 0.3) is 0 Å². The van der Waals surface area contributed by atoms with Crippen LogP contribution >= 0.6 is 0 Å². The van der Waals surface area contributed by atoms with E-state index < -0.39 is 36.4 Å². The van der Waals surface area contributed by atoms with E-state index in [0.717, 1.165) is 0 Å². The zero-order valence-corrected chi connectivity index (χ0v) is 12.6. The number of nitrogens with zero attached hydrogens (tertiary/aromatic N) is 1. The van der Waals surface area contributed by atoms with Crippen molar-refractivity contribution in [1.29, 1.82) is 0 Å². The smallest absolute Gasteiger partial charge is 0.235 e. The van der Waals surface area contributed by atoms with Gasteiger partial charge in [-0.05, 0) is 19.4 Å². The van der Waals surface area contributed by atoms with Crippen LogP contribution in [0.2, 0.25) is 0 Å². The summed E-state index contributed by atoms with van der Waals surface area (Å²) < 4.78 is 0. The Labute approximate surface area is 120 Å². The summed E-state index contributed by atoms with van der Waals surface area (Å²) in [6.45, 7) is 5.26. The molecule has 0 aliphatic rings. The molecule has 5 unspecified atom stereocenters. The van der Waals surface area contributed by atoms with Crippen LogP contribution in [0.5, 0.6) is 0 Å². The van der Waals surface area contributed by atoms with E-state index in [0.29, 0.717) is 0 Å². The van der Waals surface area contributed by atoms with Crippen LogP contribution in [-0.2, 0) is 4.79 Å². The molecule has 0 aliphatic carbocycles. The molecule has 0 aromatic rings. The summed E-state index contributed by atoms with van der Waals surface area (Å²) in [6.07, 6.45) is -5.07. The van der Waals surface area contributed by atoms with Gasteiger partial charge in [-0.3, -0.25) is 9.69 Å². The van der Waals surface area contributed by atoms with Crippen molar-refractivity contribution in [3.63, 3.8) is 0 Å². The molecule has 0 heterocycles. The number of primary amides is 1. The van der Waals surface area contributed by atoms with Crippen LogP contribution in [-0.4, -0.2) is 75.3 Å². The van der Waals surface area contributed by atoms with E-state index in [2.05, 4.69) is 0 Å². The standard InChI is InChI=1S/C13H28N2O5/c1-5-8(16)11(18)12(19)9(17)6-15(4)10(7(2)3)13(14)20/h7-12,16-19H,5-6H2,1-4H3,(H2,14,20). The lowest BCUT2D eigenvalue weighted by atomic mass is 9.98. The largest absolute Gasteiger partial charge is 0.390 e. The molecule has 0 saturated heterocycles. The fourth-order valence-corrected chi connectivity index (χ4v) is 2.27. The molecule has 0 saturated carbocycles. The van der Waals surface area contributed by atoms with Gasteiger partial charge in [-0.15, -0.1) is 0 Å². The van der Waals surface area contributed by atoms with Gasteiger partial charge >= 0.3 is 0 Å². The minimum atomic E-state index is -1.49. The Morgan fingerprint density at radius 2 is 1.55 bits per heavy atom. The summed E-state index contributed by atoms with van der Waals surface area (Å²) in [5.74, 6) is -0.564. The van der Waals surface area contributed by atoms with E-state index in [1.165, 1.54) is 4.90 Å². The summed E-state index contributed by atoms with van der Waals surface area (Å²) in [7, 11) is 1.61. The van der Waals surface area contributed by atoms with Crippen molar-refractivity contribution in [3.05, 3.63) is 0 Å². The fraction of sp³-hybridized carbons (Fsp3) is 0.923. The second kappa shape index (κ2) is 8.53. The normalized spacial score (nSPS) is 19.7. The molecule has 0 aromatic heterocycles. The summed E-state index contributed by atoms with van der Waals surface area (Å²) in [5, 5.41) is 38.8. The Hall–Kier alpha value is -0.730. The Morgan fingerprint density at radius 1 is 1.10 bits per heavy atom. The first kappa shape index (κ1) is 19.3. The molecule has 0 aromatic carbocycles. The highest BCUT2D eigenvalue weighted by Crippen LogP contribution is 2.13. The molecular formula is C13H28N2O5. The maximum Gasteiger partial charge on any atom is 0.235 e. The Kier molecular flexibility index (Phi) is 8.22. The van der Waals surface area contributed by atoms with Crippen LogP contribution in [0, 0.1) is 5.92 Å². The number of rotatable bonds is 9. The Bertz CT molecular complexity index is 300. The van der Waals surface area contributed by atoms with Crippen molar-refractivity contribution >= 4 is 5.91 Å². The number of hydrogen-bond donors (Lipinski definition) is 5. The molecule has 5 atom stereocenters. The van der Waals surface area contributed by atoms with Gasteiger partial charge in [-0.25, -0.2) is 0 Å². The van der Waals surface area contributed by atoms with E-state index in [4.69, 9.17) is 5.73 Å². The van der Waals surface area contributed by atoms with E-state index >= 15 is 0 Å². The highest BCUT2D eigenvalue weighted by molar-refractivity contribution is 5.80. The van der Waals surface area contributed by atoms with E-state index in [1.54, 1.807) is 14.0 Å². The quantitative estimate of drug-likeness (QED) is 0.344. The fourth-order valence-electron chi connectivity index (χ4n) is 2.27. The van der Waals surface area contributed by atoms with Crippen molar-refractivity contribution in [2.24, 2.45) is 11.7 Å². The Balaban J connectivity index is 4.65. The van der Waals surface area contributed by atoms with Gasteiger partial charge in [0.2, 0.25) is 5.91 Å². The van der Waals surface area contributed by atoms with E-state index in [1.807, 2.05) is 13.8 Å². The van der Waals surface area contributed by atoms with Gasteiger partial charge in [-0.1, -0.05) is 20.8 Å². The number of carbonyl (C=O) groups is 1. The van der Waals surface area contributed by atoms with Crippen molar-refractivity contribution in [2.45, 2.75) is 57.6 Å². The summed E-state index contributed by atoms with van der Waals surface area (Å²) in [4.78, 5) is 12.9. The number of aliphatic hydroxyl groups is 4. The third kappa shape index (κ3) is 5.34. The molecule has 7 nitrogen and oxygen atoms in total. The van der Waals surface area contributed by atoms with Crippen molar-refractivity contribution in [3.8, 4) is 0 Å². The van der Waals surface area contributed by atoms with Gasteiger partial charge in [0.25, 0.3) is 0 Å². The van der Waals surface area contributed by atoms with Crippen molar-refractivity contribution in [1.82, 2.24) is 4.90 Å². The minimum Gasteiger partial charge on any atom is -0.390 e. The van der Waals surface area contributed by atoms with Crippen LogP contribution in [0.4, 0.5) is 0 Å². The zero-order valence-electron chi connectivity index (χ0n) is 12.6. The first-order valence-electron chi connectivity index (χ1n) is 6.85. The molecule has 1 amide bonds. The average molecular weight is 292 g/mol. The maximum absolute atomic E-state index is 11.4. The van der Waals surface area contributed by atoms with E-state index in [-0.39, 0.29) is 18.9 Å². The summed E-state index contributed by atoms with van der Waals surface area (Å²) in [5.41, 5.74) is 5.31. The van der Waals surface area contributed by atoms with Gasteiger partial charge in [0, 0.05) is 6.54 Å². The average Bonchev–Trinajstić information content (AvgIpc) is 2.34. The highest BCUT2D eigenvalue weighted by Gasteiger charge is 2.32. The van der Waals surface area contributed by atoms with Crippen LogP contribution < -0.4 is 5.73 Å². The van der Waals surface area contributed by atoms with Crippen LogP contribution in [0.1, 0.15) is 27.2 Å². The molecule has 0 radical (unpaired) electrons. The third-order valence-electron chi connectivity index (χ3n) is 3.43. The van der Waals surface area contributed by atoms with Crippen LogP contribution in [0.15, 0.2) is 0 Å². The second-order valence-electron chi connectivity index (χ2n) is 5.55. The SMILES string of the molecule is CCC(O)C(O)C(O)C(O)CN(C)C(C(N)=O)C(C)C. The van der Waals surface area contributed by atoms with E-state index in [9.17, 15) is 25.2 Å². The maximum atomic E-state index is 11.4. The molecule has 0 fully saturated rings. The zero-order chi connectivity index (χ0) is 16.0. The number of nitrogens with two attached hydrogens (primary N) is 1. The predicted octanol–water partition coefficient (Wildman–Crippen LogP) is -1.72. The van der Waals surface area contributed by atoms with Crippen molar-refractivity contribution in [2.75, 3.05) is 13.6 Å². The first-order chi connectivity index (χ1) is 9.13. The second-order valence-corrected chi connectivity index (χ2v) is 5.55. The molecule has 0 spiro atoms. The lowest BCUT2D eigenvalue weighted by molar-refractivity contribution is -0.128. The molecule has 6 N–H and O–H groups in total. The highest BCUT2D eigenvalue weighted by atomic mass is 16.4. The van der Waals surface area contributed by atoms with Crippen molar-refractivity contribution < 1.29 is 25.2 Å².